The Balaban J connectivity index is 2.56. The number of nitrogens with one attached hydrogen (secondary N) is 1. The van der Waals surface area contributed by atoms with Crippen molar-refractivity contribution in [2.24, 2.45) is 0 Å². The van der Waals surface area contributed by atoms with E-state index in [1.807, 2.05) is 0 Å². The summed E-state index contributed by atoms with van der Waals surface area (Å²) >= 11 is 3.26. The number of halogens is 1. The van der Waals surface area contributed by atoms with E-state index in [2.05, 4.69) is 28.2 Å². The summed E-state index contributed by atoms with van der Waals surface area (Å²) < 4.78 is 2.17. The summed E-state index contributed by atoms with van der Waals surface area (Å²) in [6.45, 7) is 2.80. The summed E-state index contributed by atoms with van der Waals surface area (Å²) in [5.74, 6) is -0.131. The van der Waals surface area contributed by atoms with Gasteiger partial charge in [0.1, 0.15) is 6.54 Å². The van der Waals surface area contributed by atoms with Crippen LogP contribution in [0.15, 0.2) is 27.6 Å². The fourth-order valence-electron chi connectivity index (χ4n) is 1.24. The second-order valence-corrected chi connectivity index (χ2v) is 4.43. The molecule has 0 fully saturated rings. The minimum atomic E-state index is -0.172. The van der Waals surface area contributed by atoms with Gasteiger partial charge in [0.2, 0.25) is 5.91 Å². The number of nitrogens with zero attached hydrogens (tertiary/aromatic N) is 1. The second-order valence-electron chi connectivity index (χ2n) is 3.52. The van der Waals surface area contributed by atoms with E-state index in [9.17, 15) is 9.59 Å². The average Bonchev–Trinajstić information content (AvgIpc) is 2.24. The van der Waals surface area contributed by atoms with E-state index in [0.29, 0.717) is 6.54 Å². The summed E-state index contributed by atoms with van der Waals surface area (Å²) in [5.41, 5.74) is -0.172. The summed E-state index contributed by atoms with van der Waals surface area (Å²) in [5, 5.41) is 2.76. The van der Waals surface area contributed by atoms with Gasteiger partial charge in [-0.2, -0.15) is 0 Å². The Labute approximate surface area is 103 Å². The van der Waals surface area contributed by atoms with Gasteiger partial charge in [0.25, 0.3) is 5.56 Å². The molecule has 16 heavy (non-hydrogen) atoms. The molecule has 1 rings (SSSR count). The van der Waals surface area contributed by atoms with Crippen molar-refractivity contribution >= 4 is 21.8 Å². The average molecular weight is 287 g/mol. The van der Waals surface area contributed by atoms with Crippen molar-refractivity contribution in [1.82, 2.24) is 9.88 Å². The Kier molecular flexibility index (Phi) is 5.25. The Morgan fingerprint density at radius 1 is 1.50 bits per heavy atom. The van der Waals surface area contributed by atoms with Gasteiger partial charge < -0.3 is 9.88 Å². The molecule has 1 aromatic heterocycles. The molecule has 0 aliphatic heterocycles. The molecule has 0 bridgehead atoms. The van der Waals surface area contributed by atoms with E-state index >= 15 is 0 Å². The van der Waals surface area contributed by atoms with E-state index in [1.54, 1.807) is 12.3 Å². The number of amides is 1. The van der Waals surface area contributed by atoms with E-state index in [0.717, 1.165) is 17.3 Å². The fraction of sp³-hybridized carbons (Fsp3) is 0.455. The normalized spacial score (nSPS) is 10.1. The van der Waals surface area contributed by atoms with Crippen LogP contribution in [-0.2, 0) is 11.3 Å². The molecule has 5 heteroatoms. The van der Waals surface area contributed by atoms with Crippen LogP contribution in [0.4, 0.5) is 0 Å². The monoisotopic (exact) mass is 286 g/mol. The summed E-state index contributed by atoms with van der Waals surface area (Å²) in [7, 11) is 0. The van der Waals surface area contributed by atoms with Crippen LogP contribution in [-0.4, -0.2) is 17.0 Å². The zero-order valence-electron chi connectivity index (χ0n) is 9.20. The standard InChI is InChI=1S/C11H15BrN2O2/c1-2-3-6-13-10(15)8-14-7-9(12)4-5-11(14)16/h4-5,7H,2-3,6,8H2,1H3,(H,13,15). The van der Waals surface area contributed by atoms with Gasteiger partial charge in [0, 0.05) is 23.3 Å². The number of rotatable bonds is 5. The van der Waals surface area contributed by atoms with Crippen molar-refractivity contribution in [1.29, 1.82) is 0 Å². The van der Waals surface area contributed by atoms with E-state index < -0.39 is 0 Å². The first-order chi connectivity index (χ1) is 7.63. The summed E-state index contributed by atoms with van der Waals surface area (Å²) in [6.07, 6.45) is 3.61. The highest BCUT2D eigenvalue weighted by Gasteiger charge is 2.03. The molecule has 0 unspecified atom stereocenters. The van der Waals surface area contributed by atoms with Gasteiger partial charge >= 0.3 is 0 Å². The van der Waals surface area contributed by atoms with Gasteiger partial charge in [-0.1, -0.05) is 13.3 Å². The number of carbonyl (C=O) groups excluding carboxylic acids is 1. The number of unbranched alkanes of at least 4 members (excludes halogenated alkanes) is 1. The Morgan fingerprint density at radius 3 is 2.94 bits per heavy atom. The molecule has 0 spiro atoms. The van der Waals surface area contributed by atoms with Crippen LogP contribution in [0.1, 0.15) is 19.8 Å². The maximum atomic E-state index is 11.5. The first-order valence-electron chi connectivity index (χ1n) is 5.26. The Bertz CT molecular complexity index is 415. The molecular formula is C11H15BrN2O2. The molecule has 0 atom stereocenters. The van der Waals surface area contributed by atoms with Gasteiger partial charge in [-0.15, -0.1) is 0 Å². The predicted molar refractivity (Wildman–Crippen MR) is 66.3 cm³/mol. The SMILES string of the molecule is CCCCNC(=O)Cn1cc(Br)ccc1=O. The highest BCUT2D eigenvalue weighted by molar-refractivity contribution is 9.10. The molecule has 1 heterocycles. The maximum Gasteiger partial charge on any atom is 0.251 e. The lowest BCUT2D eigenvalue weighted by Gasteiger charge is -2.06. The number of hydrogen-bond acceptors (Lipinski definition) is 2. The maximum absolute atomic E-state index is 11.5. The molecule has 0 saturated carbocycles. The van der Waals surface area contributed by atoms with E-state index in [-0.39, 0.29) is 18.0 Å². The topological polar surface area (TPSA) is 51.1 Å². The number of carbonyl (C=O) groups is 1. The van der Waals surface area contributed by atoms with Crippen LogP contribution in [0.3, 0.4) is 0 Å². The Hall–Kier alpha value is -1.10. The molecule has 1 aromatic rings. The zero-order chi connectivity index (χ0) is 12.0. The molecule has 88 valence electrons. The highest BCUT2D eigenvalue weighted by Crippen LogP contribution is 2.04. The highest BCUT2D eigenvalue weighted by atomic mass is 79.9. The van der Waals surface area contributed by atoms with Crippen LogP contribution < -0.4 is 10.9 Å². The lowest BCUT2D eigenvalue weighted by molar-refractivity contribution is -0.121. The predicted octanol–water partition coefficient (Wildman–Crippen LogP) is 1.53. The van der Waals surface area contributed by atoms with Crippen LogP contribution in [0, 0.1) is 0 Å². The molecule has 4 nitrogen and oxygen atoms in total. The van der Waals surface area contributed by atoms with Crippen molar-refractivity contribution in [3.05, 3.63) is 33.2 Å². The lowest BCUT2D eigenvalue weighted by atomic mass is 10.3. The van der Waals surface area contributed by atoms with Crippen LogP contribution in [0.2, 0.25) is 0 Å². The van der Waals surface area contributed by atoms with E-state index in [4.69, 9.17) is 0 Å². The fourth-order valence-corrected chi connectivity index (χ4v) is 1.62. The van der Waals surface area contributed by atoms with Gasteiger partial charge in [-0.3, -0.25) is 9.59 Å². The summed E-state index contributed by atoms with van der Waals surface area (Å²) in [4.78, 5) is 22.9. The van der Waals surface area contributed by atoms with Gasteiger partial charge in [-0.25, -0.2) is 0 Å². The third-order valence-corrected chi connectivity index (χ3v) is 2.58. The molecule has 0 radical (unpaired) electrons. The van der Waals surface area contributed by atoms with Crippen molar-refractivity contribution in [2.45, 2.75) is 26.3 Å². The minimum Gasteiger partial charge on any atom is -0.355 e. The van der Waals surface area contributed by atoms with Crippen molar-refractivity contribution in [3.8, 4) is 0 Å². The first kappa shape index (κ1) is 13.0. The van der Waals surface area contributed by atoms with Gasteiger partial charge in [0.05, 0.1) is 0 Å². The molecular weight excluding hydrogens is 272 g/mol. The molecule has 0 aromatic carbocycles. The Morgan fingerprint density at radius 2 is 2.25 bits per heavy atom. The first-order valence-corrected chi connectivity index (χ1v) is 6.05. The van der Waals surface area contributed by atoms with Crippen molar-refractivity contribution in [3.63, 3.8) is 0 Å². The van der Waals surface area contributed by atoms with Crippen molar-refractivity contribution in [2.75, 3.05) is 6.54 Å². The third-order valence-electron chi connectivity index (χ3n) is 2.11. The largest absolute Gasteiger partial charge is 0.355 e. The second kappa shape index (κ2) is 6.48. The lowest BCUT2D eigenvalue weighted by Crippen LogP contribution is -2.32. The van der Waals surface area contributed by atoms with Crippen LogP contribution in [0.5, 0.6) is 0 Å². The van der Waals surface area contributed by atoms with Gasteiger partial charge in [0.15, 0.2) is 0 Å². The number of hydrogen-bond donors (Lipinski definition) is 1. The smallest absolute Gasteiger partial charge is 0.251 e. The van der Waals surface area contributed by atoms with Gasteiger partial charge in [-0.05, 0) is 28.4 Å². The minimum absolute atomic E-state index is 0.0714. The van der Waals surface area contributed by atoms with Crippen LogP contribution in [0.25, 0.3) is 0 Å². The van der Waals surface area contributed by atoms with Crippen molar-refractivity contribution < 1.29 is 4.79 Å². The molecule has 1 N–H and O–H groups in total. The molecule has 0 aliphatic rings. The van der Waals surface area contributed by atoms with Crippen LogP contribution >= 0.6 is 15.9 Å². The molecule has 0 aliphatic carbocycles. The molecule has 0 saturated heterocycles. The zero-order valence-corrected chi connectivity index (χ0v) is 10.8. The molecule has 1 amide bonds. The van der Waals surface area contributed by atoms with E-state index in [1.165, 1.54) is 10.6 Å². The number of aromatic nitrogens is 1. The number of pyridine rings is 1. The quantitative estimate of drug-likeness (QED) is 0.835. The third kappa shape index (κ3) is 4.18. The summed E-state index contributed by atoms with van der Waals surface area (Å²) in [6, 6.07) is 3.09.